The van der Waals surface area contributed by atoms with Crippen LogP contribution in [0.15, 0.2) is 140 Å². The minimum Gasteiger partial charge on any atom is -0.311 e. The smallest absolute Gasteiger partial charge is 0.200 e. The van der Waals surface area contributed by atoms with E-state index in [1.807, 2.05) is 55.5 Å². The first-order chi connectivity index (χ1) is 26.4. The SMILES string of the molecule is Cc1cccc(N(c2ccccc2)c2ccc3c(c2)C(C)(C)c2cc(N(c4cccc(C)c4)c4cccc(Bc5c(F)c(F)c(F)c(F)c5F)c4)ccc2-3)c1. The third kappa shape index (κ3) is 6.35. The van der Waals surface area contributed by atoms with Gasteiger partial charge in [0.2, 0.25) is 0 Å². The molecule has 0 aromatic heterocycles. The number of anilines is 6. The largest absolute Gasteiger partial charge is 0.311 e. The molecule has 0 aliphatic heterocycles. The quantitative estimate of drug-likeness (QED) is 0.0664. The van der Waals surface area contributed by atoms with Crippen LogP contribution in [0.25, 0.3) is 11.1 Å². The van der Waals surface area contributed by atoms with Crippen LogP contribution in [0.3, 0.4) is 0 Å². The summed E-state index contributed by atoms with van der Waals surface area (Å²) >= 11 is 0. The molecule has 0 bridgehead atoms. The van der Waals surface area contributed by atoms with Crippen molar-refractivity contribution in [3.05, 3.63) is 191 Å². The highest BCUT2D eigenvalue weighted by molar-refractivity contribution is 6.67. The molecule has 8 rings (SSSR count). The van der Waals surface area contributed by atoms with Crippen LogP contribution in [-0.4, -0.2) is 7.28 Å². The van der Waals surface area contributed by atoms with Crippen LogP contribution in [-0.2, 0) is 5.41 Å². The standard InChI is InChI=1S/C47H36BF5N2/c1-28-11-8-16-32(23-28)54(31-14-6-5-7-15-31)35-19-21-37-38-22-20-36(27-40(38)47(3,4)39(37)26-35)55(33-17-9-12-29(2)24-33)34-18-10-13-30(25-34)48-41-42(49)44(51)46(53)45(52)43(41)50/h5-27,48H,1-4H3. The van der Waals surface area contributed by atoms with Crippen molar-refractivity contribution in [1.82, 2.24) is 0 Å². The molecule has 0 spiro atoms. The van der Waals surface area contributed by atoms with E-state index in [9.17, 15) is 22.0 Å². The van der Waals surface area contributed by atoms with Crippen LogP contribution >= 0.6 is 0 Å². The molecule has 0 radical (unpaired) electrons. The Morgan fingerprint density at radius 3 is 1.35 bits per heavy atom. The summed E-state index contributed by atoms with van der Waals surface area (Å²) in [5.74, 6) is -9.74. The second kappa shape index (κ2) is 13.9. The Bertz CT molecular complexity index is 2580. The Morgan fingerprint density at radius 1 is 0.418 bits per heavy atom. The normalized spacial score (nSPS) is 12.6. The van der Waals surface area contributed by atoms with Crippen LogP contribution in [0.5, 0.6) is 0 Å². The van der Waals surface area contributed by atoms with Gasteiger partial charge in [0.25, 0.3) is 0 Å². The zero-order chi connectivity index (χ0) is 38.6. The van der Waals surface area contributed by atoms with Crippen molar-refractivity contribution < 1.29 is 22.0 Å². The fourth-order valence-corrected chi connectivity index (χ4v) is 7.81. The molecule has 0 unspecified atom stereocenters. The van der Waals surface area contributed by atoms with Gasteiger partial charge in [0.15, 0.2) is 36.4 Å². The molecular weight excluding hydrogens is 698 g/mol. The number of para-hydroxylation sites is 1. The summed E-state index contributed by atoms with van der Waals surface area (Å²) < 4.78 is 71.6. The summed E-state index contributed by atoms with van der Waals surface area (Å²) in [5.41, 5.74) is 11.5. The molecule has 0 heterocycles. The number of aryl methyl sites for hydroxylation is 2. The topological polar surface area (TPSA) is 6.48 Å². The lowest BCUT2D eigenvalue weighted by molar-refractivity contribution is 0.384. The minimum atomic E-state index is -2.17. The first kappa shape index (κ1) is 35.9. The van der Waals surface area contributed by atoms with Gasteiger partial charge in [0.05, 0.1) is 0 Å². The van der Waals surface area contributed by atoms with Gasteiger partial charge in [-0.15, -0.1) is 0 Å². The van der Waals surface area contributed by atoms with Gasteiger partial charge < -0.3 is 9.80 Å². The van der Waals surface area contributed by atoms with Crippen LogP contribution in [0.4, 0.5) is 56.1 Å². The van der Waals surface area contributed by atoms with Crippen molar-refractivity contribution >= 4 is 52.3 Å². The Morgan fingerprint density at radius 2 is 0.836 bits per heavy atom. The third-order valence-electron chi connectivity index (χ3n) is 10.5. The number of nitrogens with zero attached hydrogens (tertiary/aromatic N) is 2. The Labute approximate surface area is 318 Å². The molecule has 7 aromatic rings. The minimum absolute atomic E-state index is 0.386. The van der Waals surface area contributed by atoms with Crippen LogP contribution in [0.2, 0.25) is 0 Å². The van der Waals surface area contributed by atoms with Gasteiger partial charge in [0.1, 0.15) is 0 Å². The summed E-state index contributed by atoms with van der Waals surface area (Å²) in [6.45, 7) is 8.55. The van der Waals surface area contributed by atoms with E-state index in [4.69, 9.17) is 0 Å². The lowest BCUT2D eigenvalue weighted by Crippen LogP contribution is -2.35. The molecule has 1 aliphatic carbocycles. The van der Waals surface area contributed by atoms with E-state index in [0.29, 0.717) is 11.2 Å². The van der Waals surface area contributed by atoms with Crippen molar-refractivity contribution in [2.24, 2.45) is 0 Å². The van der Waals surface area contributed by atoms with E-state index in [-0.39, 0.29) is 0 Å². The van der Waals surface area contributed by atoms with Crippen molar-refractivity contribution in [3.63, 3.8) is 0 Å². The number of benzene rings is 7. The second-order valence-corrected chi connectivity index (χ2v) is 14.7. The van der Waals surface area contributed by atoms with Crippen LogP contribution in [0.1, 0.15) is 36.1 Å². The van der Waals surface area contributed by atoms with E-state index >= 15 is 0 Å². The van der Waals surface area contributed by atoms with E-state index in [0.717, 1.165) is 50.7 Å². The molecule has 0 saturated heterocycles. The molecule has 272 valence electrons. The monoisotopic (exact) mass is 734 g/mol. The molecule has 0 fully saturated rings. The maximum Gasteiger partial charge on any atom is 0.200 e. The lowest BCUT2D eigenvalue weighted by Gasteiger charge is -2.29. The Kier molecular flexibility index (Phi) is 9.08. The highest BCUT2D eigenvalue weighted by Crippen LogP contribution is 2.52. The molecule has 0 saturated carbocycles. The predicted molar refractivity (Wildman–Crippen MR) is 215 cm³/mol. The van der Waals surface area contributed by atoms with E-state index in [2.05, 4.69) is 103 Å². The maximum atomic E-state index is 14.8. The Hall–Kier alpha value is -6.15. The molecule has 8 heteroatoms. The number of hydrogen-bond donors (Lipinski definition) is 0. The van der Waals surface area contributed by atoms with Gasteiger partial charge >= 0.3 is 0 Å². The van der Waals surface area contributed by atoms with Gasteiger partial charge in [-0.2, -0.15) is 0 Å². The Balaban J connectivity index is 1.21. The van der Waals surface area contributed by atoms with Crippen molar-refractivity contribution in [1.29, 1.82) is 0 Å². The fraction of sp³-hybridized carbons (Fsp3) is 0.106. The zero-order valence-electron chi connectivity index (χ0n) is 30.8. The van der Waals surface area contributed by atoms with Crippen LogP contribution < -0.4 is 20.7 Å². The number of rotatable bonds is 8. The average Bonchev–Trinajstić information content (AvgIpc) is 3.41. The maximum absolute atomic E-state index is 14.8. The van der Waals surface area contributed by atoms with Gasteiger partial charge in [-0.25, -0.2) is 22.0 Å². The molecule has 0 amide bonds. The number of fused-ring (bicyclic) bond motifs is 3. The first-order valence-corrected chi connectivity index (χ1v) is 18.1. The summed E-state index contributed by atoms with van der Waals surface area (Å²) in [6, 6.07) is 46.7. The van der Waals surface area contributed by atoms with Gasteiger partial charge in [-0.1, -0.05) is 86.0 Å². The molecule has 0 atom stereocenters. The molecule has 7 aromatic carbocycles. The molecule has 0 N–H and O–H groups in total. The molecule has 2 nitrogen and oxygen atoms in total. The third-order valence-corrected chi connectivity index (χ3v) is 10.5. The lowest BCUT2D eigenvalue weighted by atomic mass is 9.63. The second-order valence-electron chi connectivity index (χ2n) is 14.7. The number of halogens is 5. The summed E-state index contributed by atoms with van der Waals surface area (Å²) in [4.78, 5) is 4.32. The fourth-order valence-electron chi connectivity index (χ4n) is 7.81. The van der Waals surface area contributed by atoms with Crippen molar-refractivity contribution in [3.8, 4) is 11.1 Å². The van der Waals surface area contributed by atoms with Gasteiger partial charge in [0, 0.05) is 39.5 Å². The number of hydrogen-bond acceptors (Lipinski definition) is 2. The first-order valence-electron chi connectivity index (χ1n) is 18.1. The summed E-state index contributed by atoms with van der Waals surface area (Å²) in [6.07, 6.45) is 0. The highest BCUT2D eigenvalue weighted by atomic mass is 19.2. The van der Waals surface area contributed by atoms with Gasteiger partial charge in [-0.05, 0) is 125 Å². The van der Waals surface area contributed by atoms with E-state index in [1.165, 1.54) is 11.1 Å². The summed E-state index contributed by atoms with van der Waals surface area (Å²) in [7, 11) is -0.487. The van der Waals surface area contributed by atoms with Gasteiger partial charge in [-0.3, -0.25) is 0 Å². The average molecular weight is 735 g/mol. The molecular formula is C47H36BF5N2. The van der Waals surface area contributed by atoms with E-state index < -0.39 is 47.2 Å². The molecule has 55 heavy (non-hydrogen) atoms. The predicted octanol–water partition coefficient (Wildman–Crippen LogP) is 11.6. The van der Waals surface area contributed by atoms with Crippen LogP contribution in [0, 0.1) is 42.9 Å². The van der Waals surface area contributed by atoms with Crippen molar-refractivity contribution in [2.45, 2.75) is 33.1 Å². The van der Waals surface area contributed by atoms with E-state index in [1.54, 1.807) is 18.2 Å². The zero-order valence-corrected chi connectivity index (χ0v) is 30.8. The molecule has 1 aliphatic rings. The summed E-state index contributed by atoms with van der Waals surface area (Å²) in [5, 5.41) is 0. The van der Waals surface area contributed by atoms with Crippen molar-refractivity contribution in [2.75, 3.05) is 9.80 Å². The highest BCUT2D eigenvalue weighted by Gasteiger charge is 2.37.